The van der Waals surface area contributed by atoms with Crippen LogP contribution in [0.2, 0.25) is 4.34 Å². The van der Waals surface area contributed by atoms with E-state index in [2.05, 4.69) is 0 Å². The molecule has 2 unspecified atom stereocenters. The maximum Gasteiger partial charge on any atom is 0.332 e. The second kappa shape index (κ2) is 3.77. The molecule has 2 heterocycles. The van der Waals surface area contributed by atoms with Crippen LogP contribution >= 0.6 is 22.9 Å². The molecule has 2 atom stereocenters. The summed E-state index contributed by atoms with van der Waals surface area (Å²) < 4.78 is 6.26. The fourth-order valence-electron chi connectivity index (χ4n) is 1.79. The van der Waals surface area contributed by atoms with Gasteiger partial charge in [0.05, 0.1) is 4.34 Å². The van der Waals surface area contributed by atoms with Gasteiger partial charge in [0.2, 0.25) is 0 Å². The van der Waals surface area contributed by atoms with E-state index in [-0.39, 0.29) is 0 Å². The lowest BCUT2D eigenvalue weighted by molar-refractivity contribution is -0.153. The molecule has 1 fully saturated rings. The summed E-state index contributed by atoms with van der Waals surface area (Å²) in [6.45, 7) is 1.91. The van der Waals surface area contributed by atoms with Crippen molar-refractivity contribution in [1.82, 2.24) is 0 Å². The summed E-state index contributed by atoms with van der Waals surface area (Å²) in [6.07, 6.45) is 0.596. The molecule has 1 saturated heterocycles. The Kier molecular flexibility index (Phi) is 2.75. The van der Waals surface area contributed by atoms with E-state index in [1.165, 1.54) is 11.3 Å². The van der Waals surface area contributed by atoms with Crippen molar-refractivity contribution in [2.45, 2.75) is 31.5 Å². The van der Waals surface area contributed by atoms with Gasteiger partial charge in [0.15, 0.2) is 6.10 Å². The SMILES string of the molecule is CC1(c2ccc(Cl)s2)CCC(C(=O)O)O1. The molecule has 0 amide bonds. The van der Waals surface area contributed by atoms with Crippen molar-refractivity contribution >= 4 is 28.9 Å². The molecule has 1 N–H and O–H groups in total. The molecular weight excluding hydrogens is 236 g/mol. The fourth-order valence-corrected chi connectivity index (χ4v) is 2.95. The number of carboxylic acid groups (broad SMARTS) is 1. The van der Waals surface area contributed by atoms with Crippen molar-refractivity contribution in [3.8, 4) is 0 Å². The van der Waals surface area contributed by atoms with Crippen LogP contribution in [0.25, 0.3) is 0 Å². The molecule has 0 spiro atoms. The van der Waals surface area contributed by atoms with Crippen LogP contribution in [0.15, 0.2) is 12.1 Å². The Bertz CT molecular complexity index is 390. The molecule has 1 aromatic rings. The van der Waals surface area contributed by atoms with Gasteiger partial charge in [-0.3, -0.25) is 0 Å². The van der Waals surface area contributed by atoms with Crippen molar-refractivity contribution in [3.05, 3.63) is 21.3 Å². The summed E-state index contributed by atoms with van der Waals surface area (Å²) in [6, 6.07) is 3.71. The van der Waals surface area contributed by atoms with Gasteiger partial charge in [-0.1, -0.05) is 11.6 Å². The summed E-state index contributed by atoms with van der Waals surface area (Å²) in [5, 5.41) is 8.85. The van der Waals surface area contributed by atoms with Gasteiger partial charge in [-0.05, 0) is 31.9 Å². The molecule has 1 aromatic heterocycles. The largest absolute Gasteiger partial charge is 0.479 e. The number of carbonyl (C=O) groups is 1. The highest BCUT2D eigenvalue weighted by Crippen LogP contribution is 2.42. The Hall–Kier alpha value is -0.580. The van der Waals surface area contributed by atoms with E-state index >= 15 is 0 Å². The lowest BCUT2D eigenvalue weighted by Gasteiger charge is -2.22. The maximum absolute atomic E-state index is 10.8. The highest BCUT2D eigenvalue weighted by molar-refractivity contribution is 7.16. The number of thiophene rings is 1. The van der Waals surface area contributed by atoms with Gasteiger partial charge in [-0.15, -0.1) is 11.3 Å². The van der Waals surface area contributed by atoms with Crippen LogP contribution in [0, 0.1) is 0 Å². The molecule has 0 bridgehead atoms. The van der Waals surface area contributed by atoms with Crippen molar-refractivity contribution in [2.24, 2.45) is 0 Å². The van der Waals surface area contributed by atoms with E-state index in [9.17, 15) is 4.79 Å². The minimum absolute atomic E-state index is 0.485. The number of carboxylic acids is 1. The second-order valence-electron chi connectivity index (χ2n) is 3.82. The highest BCUT2D eigenvalue weighted by Gasteiger charge is 2.41. The number of hydrogen-bond acceptors (Lipinski definition) is 3. The van der Waals surface area contributed by atoms with Gasteiger partial charge in [-0.25, -0.2) is 4.79 Å². The van der Waals surface area contributed by atoms with Crippen LogP contribution in [0.4, 0.5) is 0 Å². The normalized spacial score (nSPS) is 30.7. The molecular formula is C10H11ClO3S. The molecule has 15 heavy (non-hydrogen) atoms. The Morgan fingerprint density at radius 1 is 1.73 bits per heavy atom. The average Bonchev–Trinajstić information content (AvgIpc) is 2.73. The third-order valence-corrected chi connectivity index (χ3v) is 4.13. The van der Waals surface area contributed by atoms with Crippen LogP contribution in [-0.4, -0.2) is 17.2 Å². The smallest absolute Gasteiger partial charge is 0.332 e. The van der Waals surface area contributed by atoms with Crippen LogP contribution < -0.4 is 0 Å². The van der Waals surface area contributed by atoms with Crippen LogP contribution in [0.3, 0.4) is 0 Å². The van der Waals surface area contributed by atoms with Crippen LogP contribution in [0.5, 0.6) is 0 Å². The first-order valence-electron chi connectivity index (χ1n) is 4.68. The van der Waals surface area contributed by atoms with Crippen molar-refractivity contribution < 1.29 is 14.6 Å². The molecule has 5 heteroatoms. The second-order valence-corrected chi connectivity index (χ2v) is 5.53. The summed E-state index contributed by atoms with van der Waals surface area (Å²) in [4.78, 5) is 11.8. The van der Waals surface area contributed by atoms with Crippen LogP contribution in [-0.2, 0) is 15.1 Å². The van der Waals surface area contributed by atoms with Gasteiger partial charge >= 0.3 is 5.97 Å². The lowest BCUT2D eigenvalue weighted by atomic mass is 10.0. The minimum atomic E-state index is -0.888. The Balaban J connectivity index is 2.19. The van der Waals surface area contributed by atoms with Gasteiger partial charge in [0.25, 0.3) is 0 Å². The number of hydrogen-bond donors (Lipinski definition) is 1. The summed E-state index contributed by atoms with van der Waals surface area (Å²) in [5.74, 6) is -0.888. The van der Waals surface area contributed by atoms with E-state index in [0.29, 0.717) is 10.8 Å². The molecule has 2 rings (SSSR count). The zero-order chi connectivity index (χ0) is 11.1. The standard InChI is InChI=1S/C10H11ClO3S/c1-10(7-2-3-8(11)15-7)5-4-6(14-10)9(12)13/h2-3,6H,4-5H2,1H3,(H,12,13). The summed E-state index contributed by atoms with van der Waals surface area (Å²) in [5.41, 5.74) is -0.485. The van der Waals surface area contributed by atoms with E-state index in [4.69, 9.17) is 21.4 Å². The third-order valence-electron chi connectivity index (χ3n) is 2.66. The number of rotatable bonds is 2. The van der Waals surface area contributed by atoms with Crippen molar-refractivity contribution in [2.75, 3.05) is 0 Å². The van der Waals surface area contributed by atoms with Crippen LogP contribution in [0.1, 0.15) is 24.6 Å². The lowest BCUT2D eigenvalue weighted by Crippen LogP contribution is -2.25. The molecule has 0 aromatic carbocycles. The minimum Gasteiger partial charge on any atom is -0.479 e. The molecule has 0 saturated carbocycles. The predicted molar refractivity (Wildman–Crippen MR) is 58.4 cm³/mol. The molecule has 0 radical (unpaired) electrons. The fraction of sp³-hybridized carbons (Fsp3) is 0.500. The number of halogens is 1. The quantitative estimate of drug-likeness (QED) is 0.873. The Labute approximate surface area is 96.6 Å². The monoisotopic (exact) mass is 246 g/mol. The zero-order valence-corrected chi connectivity index (χ0v) is 9.77. The van der Waals surface area contributed by atoms with E-state index in [0.717, 1.165) is 11.3 Å². The molecule has 82 valence electrons. The molecule has 0 aliphatic carbocycles. The first-order valence-corrected chi connectivity index (χ1v) is 5.87. The number of ether oxygens (including phenoxy) is 1. The zero-order valence-electron chi connectivity index (χ0n) is 8.20. The predicted octanol–water partition coefficient (Wildman–Crippen LogP) is 2.88. The Morgan fingerprint density at radius 2 is 2.47 bits per heavy atom. The van der Waals surface area contributed by atoms with Gasteiger partial charge in [-0.2, -0.15) is 0 Å². The van der Waals surface area contributed by atoms with E-state index in [1.54, 1.807) is 0 Å². The van der Waals surface area contributed by atoms with Gasteiger partial charge in [0.1, 0.15) is 5.60 Å². The average molecular weight is 247 g/mol. The Morgan fingerprint density at radius 3 is 2.93 bits per heavy atom. The summed E-state index contributed by atoms with van der Waals surface area (Å²) >= 11 is 7.29. The third kappa shape index (κ3) is 2.02. The number of aliphatic carboxylic acids is 1. The maximum atomic E-state index is 10.8. The first-order chi connectivity index (χ1) is 7.01. The van der Waals surface area contributed by atoms with E-state index in [1.807, 2.05) is 19.1 Å². The summed E-state index contributed by atoms with van der Waals surface area (Å²) in [7, 11) is 0. The molecule has 1 aliphatic heterocycles. The highest BCUT2D eigenvalue weighted by atomic mass is 35.5. The first kappa shape index (κ1) is 10.9. The molecule has 1 aliphatic rings. The van der Waals surface area contributed by atoms with E-state index < -0.39 is 17.7 Å². The topological polar surface area (TPSA) is 46.5 Å². The van der Waals surface area contributed by atoms with Gasteiger partial charge < -0.3 is 9.84 Å². The van der Waals surface area contributed by atoms with Crippen molar-refractivity contribution in [3.63, 3.8) is 0 Å². The van der Waals surface area contributed by atoms with Crippen molar-refractivity contribution in [1.29, 1.82) is 0 Å². The van der Waals surface area contributed by atoms with Gasteiger partial charge in [0, 0.05) is 4.88 Å². The molecule has 3 nitrogen and oxygen atoms in total.